The number of carbonyl (C=O) groups excluding carboxylic acids is 1. The van der Waals surface area contributed by atoms with Gasteiger partial charge < -0.3 is 4.74 Å². The minimum absolute atomic E-state index is 0.000722. The molecule has 2 rings (SSSR count). The zero-order chi connectivity index (χ0) is 13.7. The van der Waals surface area contributed by atoms with Crippen LogP contribution < -0.4 is 4.74 Å². The number of rotatable bonds is 4. The van der Waals surface area contributed by atoms with Crippen LogP contribution in [0.15, 0.2) is 54.6 Å². The van der Waals surface area contributed by atoms with Crippen LogP contribution in [0.5, 0.6) is 5.75 Å². The largest absolute Gasteiger partial charge is 0.497 e. The second-order valence-electron chi connectivity index (χ2n) is 3.98. The molecule has 0 saturated carbocycles. The predicted molar refractivity (Wildman–Crippen MR) is 85.5 cm³/mol. The topological polar surface area (TPSA) is 26.3 Å². The summed E-state index contributed by atoms with van der Waals surface area (Å²) >= 11 is 2.22. The van der Waals surface area contributed by atoms with Crippen LogP contribution in [0.25, 0.3) is 6.08 Å². The lowest BCUT2D eigenvalue weighted by Crippen LogP contribution is -1.93. The normalized spacial score (nSPS) is 10.6. The van der Waals surface area contributed by atoms with Crippen molar-refractivity contribution in [3.05, 3.63) is 69.3 Å². The van der Waals surface area contributed by atoms with Crippen LogP contribution >= 0.6 is 22.6 Å². The molecule has 0 radical (unpaired) electrons. The maximum absolute atomic E-state index is 12.0. The number of benzene rings is 2. The van der Waals surface area contributed by atoms with Gasteiger partial charge in [-0.3, -0.25) is 4.79 Å². The molecule has 0 heterocycles. The summed E-state index contributed by atoms with van der Waals surface area (Å²) in [5, 5.41) is 0. The first-order valence-electron chi connectivity index (χ1n) is 5.81. The summed E-state index contributed by atoms with van der Waals surface area (Å²) in [5.41, 5.74) is 1.64. The quantitative estimate of drug-likeness (QED) is 0.462. The molecule has 0 aliphatic carbocycles. The molecule has 0 fully saturated rings. The highest BCUT2D eigenvalue weighted by Crippen LogP contribution is 2.14. The highest BCUT2D eigenvalue weighted by Gasteiger charge is 2.01. The van der Waals surface area contributed by atoms with Crippen LogP contribution in [-0.2, 0) is 0 Å². The first-order valence-corrected chi connectivity index (χ1v) is 6.89. The summed E-state index contributed by atoms with van der Waals surface area (Å²) in [6.45, 7) is 0. The van der Waals surface area contributed by atoms with E-state index in [0.29, 0.717) is 5.56 Å². The van der Waals surface area contributed by atoms with E-state index in [1.807, 2.05) is 48.5 Å². The zero-order valence-corrected chi connectivity index (χ0v) is 12.6. The highest BCUT2D eigenvalue weighted by atomic mass is 127. The Morgan fingerprint density at radius 3 is 2.58 bits per heavy atom. The molecule has 0 aliphatic rings. The number of hydrogen-bond donors (Lipinski definition) is 0. The summed E-state index contributed by atoms with van der Waals surface area (Å²) in [6.07, 6.45) is 3.37. The molecule has 0 bridgehead atoms. The van der Waals surface area contributed by atoms with E-state index in [4.69, 9.17) is 4.74 Å². The molecule has 3 heteroatoms. The van der Waals surface area contributed by atoms with Crippen LogP contribution in [0, 0.1) is 3.57 Å². The zero-order valence-electron chi connectivity index (χ0n) is 10.5. The fraction of sp³-hybridized carbons (Fsp3) is 0.0625. The fourth-order valence-electron chi connectivity index (χ4n) is 1.63. The van der Waals surface area contributed by atoms with E-state index in [0.717, 1.165) is 14.9 Å². The van der Waals surface area contributed by atoms with Crippen molar-refractivity contribution in [2.75, 3.05) is 7.11 Å². The Labute approximate surface area is 126 Å². The number of allylic oxidation sites excluding steroid dienone is 1. The molecule has 0 atom stereocenters. The van der Waals surface area contributed by atoms with Gasteiger partial charge in [0.1, 0.15) is 5.75 Å². The van der Waals surface area contributed by atoms with Crippen molar-refractivity contribution in [3.63, 3.8) is 0 Å². The smallest absolute Gasteiger partial charge is 0.185 e. The Bertz CT molecular complexity index is 600. The minimum Gasteiger partial charge on any atom is -0.497 e. The standard InChI is InChI=1S/C16H13IO2/c1-19-15-4-2-3-12(11-15)5-10-16(18)13-6-8-14(17)9-7-13/h2-11H,1H3. The maximum atomic E-state index is 12.0. The molecule has 2 aromatic rings. The summed E-state index contributed by atoms with van der Waals surface area (Å²) in [6, 6.07) is 15.1. The van der Waals surface area contributed by atoms with Crippen LogP contribution in [-0.4, -0.2) is 12.9 Å². The van der Waals surface area contributed by atoms with Crippen molar-refractivity contribution >= 4 is 34.5 Å². The van der Waals surface area contributed by atoms with Gasteiger partial charge in [0.25, 0.3) is 0 Å². The SMILES string of the molecule is COc1cccc(C=CC(=O)c2ccc(I)cc2)c1. The summed E-state index contributed by atoms with van der Waals surface area (Å²) in [7, 11) is 1.62. The molecule has 2 aromatic carbocycles. The lowest BCUT2D eigenvalue weighted by atomic mass is 10.1. The molecule has 0 N–H and O–H groups in total. The molecule has 0 unspecified atom stereocenters. The Balaban J connectivity index is 2.13. The fourth-order valence-corrected chi connectivity index (χ4v) is 1.99. The number of halogens is 1. The van der Waals surface area contributed by atoms with Gasteiger partial charge in [0.2, 0.25) is 0 Å². The third kappa shape index (κ3) is 3.92. The average molecular weight is 364 g/mol. The van der Waals surface area contributed by atoms with E-state index < -0.39 is 0 Å². The van der Waals surface area contributed by atoms with Gasteiger partial charge in [-0.1, -0.05) is 30.3 Å². The third-order valence-electron chi connectivity index (χ3n) is 2.65. The number of carbonyl (C=O) groups is 1. The van der Waals surface area contributed by atoms with Gasteiger partial charge in [0, 0.05) is 9.13 Å². The molecule has 0 amide bonds. The van der Waals surface area contributed by atoms with Crippen molar-refractivity contribution in [3.8, 4) is 5.75 Å². The van der Waals surface area contributed by atoms with Gasteiger partial charge >= 0.3 is 0 Å². The lowest BCUT2D eigenvalue weighted by Gasteiger charge is -2.00. The van der Waals surface area contributed by atoms with Crippen molar-refractivity contribution < 1.29 is 9.53 Å². The predicted octanol–water partition coefficient (Wildman–Crippen LogP) is 4.20. The molecular formula is C16H13IO2. The number of ether oxygens (including phenoxy) is 1. The van der Waals surface area contributed by atoms with E-state index >= 15 is 0 Å². The Morgan fingerprint density at radius 1 is 1.16 bits per heavy atom. The first-order chi connectivity index (χ1) is 9.19. The van der Waals surface area contributed by atoms with E-state index in [9.17, 15) is 4.79 Å². The number of hydrogen-bond acceptors (Lipinski definition) is 2. The van der Waals surface area contributed by atoms with Crippen molar-refractivity contribution in [2.45, 2.75) is 0 Å². The Morgan fingerprint density at radius 2 is 1.89 bits per heavy atom. The van der Waals surface area contributed by atoms with E-state index in [1.165, 1.54) is 0 Å². The van der Waals surface area contributed by atoms with Gasteiger partial charge in [-0.15, -0.1) is 0 Å². The van der Waals surface area contributed by atoms with Crippen LogP contribution in [0.4, 0.5) is 0 Å². The van der Waals surface area contributed by atoms with Crippen LogP contribution in [0.3, 0.4) is 0 Å². The van der Waals surface area contributed by atoms with Crippen LogP contribution in [0.2, 0.25) is 0 Å². The van der Waals surface area contributed by atoms with E-state index in [2.05, 4.69) is 22.6 Å². The summed E-state index contributed by atoms with van der Waals surface area (Å²) in [4.78, 5) is 12.0. The average Bonchev–Trinajstić information content (AvgIpc) is 2.46. The number of methoxy groups -OCH3 is 1. The van der Waals surface area contributed by atoms with Crippen molar-refractivity contribution in [2.24, 2.45) is 0 Å². The second-order valence-corrected chi connectivity index (χ2v) is 5.23. The summed E-state index contributed by atoms with van der Waals surface area (Å²) in [5.74, 6) is 0.781. The van der Waals surface area contributed by atoms with Gasteiger partial charge in [-0.05, 0) is 58.5 Å². The third-order valence-corrected chi connectivity index (χ3v) is 3.37. The van der Waals surface area contributed by atoms with E-state index in [-0.39, 0.29) is 5.78 Å². The summed E-state index contributed by atoms with van der Waals surface area (Å²) < 4.78 is 6.26. The van der Waals surface area contributed by atoms with Gasteiger partial charge in [0.15, 0.2) is 5.78 Å². The van der Waals surface area contributed by atoms with Gasteiger partial charge in [0.05, 0.1) is 7.11 Å². The minimum atomic E-state index is -0.000722. The Hall–Kier alpha value is -1.62. The van der Waals surface area contributed by atoms with E-state index in [1.54, 1.807) is 19.3 Å². The van der Waals surface area contributed by atoms with Crippen molar-refractivity contribution in [1.29, 1.82) is 0 Å². The number of ketones is 1. The highest BCUT2D eigenvalue weighted by molar-refractivity contribution is 14.1. The molecule has 96 valence electrons. The second kappa shape index (κ2) is 6.52. The van der Waals surface area contributed by atoms with Gasteiger partial charge in [-0.2, -0.15) is 0 Å². The van der Waals surface area contributed by atoms with Crippen molar-refractivity contribution in [1.82, 2.24) is 0 Å². The molecule has 2 nitrogen and oxygen atoms in total. The molecule has 0 aliphatic heterocycles. The maximum Gasteiger partial charge on any atom is 0.185 e. The van der Waals surface area contributed by atoms with Crippen LogP contribution in [0.1, 0.15) is 15.9 Å². The molecule has 0 saturated heterocycles. The Kier molecular flexibility index (Phi) is 4.74. The monoisotopic (exact) mass is 364 g/mol. The first kappa shape index (κ1) is 13.8. The molecular weight excluding hydrogens is 351 g/mol. The molecule has 0 spiro atoms. The van der Waals surface area contributed by atoms with Gasteiger partial charge in [-0.25, -0.2) is 0 Å². The molecule has 0 aromatic heterocycles. The lowest BCUT2D eigenvalue weighted by molar-refractivity contribution is 0.104. The molecule has 19 heavy (non-hydrogen) atoms.